The smallest absolute Gasteiger partial charge is 0.267 e. The van der Waals surface area contributed by atoms with Crippen LogP contribution in [0.3, 0.4) is 0 Å². The minimum absolute atomic E-state index is 0.400. The molecule has 0 aliphatic rings. The van der Waals surface area contributed by atoms with Gasteiger partial charge in [-0.05, 0) is 36.0 Å². The number of hydrogen-bond acceptors (Lipinski definition) is 2. The third-order valence-corrected chi connectivity index (χ3v) is 2.06. The second-order valence-electron chi connectivity index (χ2n) is 2.43. The molecule has 0 N–H and O–H groups in total. The zero-order valence-electron chi connectivity index (χ0n) is 7.11. The lowest BCUT2D eigenvalue weighted by molar-refractivity contribution is -0.113. The third kappa shape index (κ3) is 3.75. The highest BCUT2D eigenvalue weighted by Gasteiger charge is 1.90. The van der Waals surface area contributed by atoms with E-state index in [1.807, 2.05) is 29.4 Å². The van der Waals surface area contributed by atoms with Gasteiger partial charge in [-0.3, -0.25) is 4.79 Å². The van der Waals surface area contributed by atoms with E-state index in [9.17, 15) is 4.79 Å². The molecule has 1 amide bonds. The fourth-order valence-electron chi connectivity index (χ4n) is 0.824. The van der Waals surface area contributed by atoms with Gasteiger partial charge in [0.2, 0.25) is 0 Å². The highest BCUT2D eigenvalue weighted by molar-refractivity contribution is 9.10. The number of thiocarbonyl (C=S) groups is 1. The van der Waals surface area contributed by atoms with Gasteiger partial charge in [-0.1, -0.05) is 28.1 Å². The molecule has 1 rings (SSSR count). The molecule has 0 aromatic heterocycles. The van der Waals surface area contributed by atoms with E-state index >= 15 is 0 Å². The van der Waals surface area contributed by atoms with E-state index in [4.69, 9.17) is 0 Å². The van der Waals surface area contributed by atoms with Crippen molar-refractivity contribution in [2.45, 2.75) is 0 Å². The van der Waals surface area contributed by atoms with Crippen LogP contribution in [-0.2, 0) is 4.79 Å². The minimum atomic E-state index is -0.400. The number of benzene rings is 1. The van der Waals surface area contributed by atoms with Crippen molar-refractivity contribution in [2.24, 2.45) is 4.99 Å². The summed E-state index contributed by atoms with van der Waals surface area (Å²) in [7, 11) is 0. The summed E-state index contributed by atoms with van der Waals surface area (Å²) in [6.45, 7) is 0. The normalized spacial score (nSPS) is 9.79. The minimum Gasteiger partial charge on any atom is -0.267 e. The van der Waals surface area contributed by atoms with Gasteiger partial charge in [0, 0.05) is 10.5 Å². The number of carbonyl (C=O) groups is 1. The first-order chi connectivity index (χ1) is 6.72. The Bertz CT molecular complexity index is 405. The van der Waals surface area contributed by atoms with Gasteiger partial charge in [-0.25, -0.2) is 0 Å². The second-order valence-corrected chi connectivity index (χ2v) is 3.52. The summed E-state index contributed by atoms with van der Waals surface area (Å²) >= 11 is 7.62. The summed E-state index contributed by atoms with van der Waals surface area (Å²) in [6.07, 6.45) is 3.02. The van der Waals surface area contributed by atoms with Crippen molar-refractivity contribution >= 4 is 45.3 Å². The molecule has 0 saturated heterocycles. The van der Waals surface area contributed by atoms with Crippen LogP contribution in [0.4, 0.5) is 0 Å². The molecule has 1 aromatic carbocycles. The molecule has 0 atom stereocenters. The number of isothiocyanates is 1. The van der Waals surface area contributed by atoms with Crippen LogP contribution in [0, 0.1) is 0 Å². The van der Waals surface area contributed by atoms with E-state index in [2.05, 4.69) is 33.1 Å². The largest absolute Gasteiger partial charge is 0.278 e. The maximum absolute atomic E-state index is 10.9. The zero-order chi connectivity index (χ0) is 10.4. The maximum atomic E-state index is 10.9. The van der Waals surface area contributed by atoms with Crippen molar-refractivity contribution in [3.63, 3.8) is 0 Å². The lowest BCUT2D eigenvalue weighted by atomic mass is 10.2. The van der Waals surface area contributed by atoms with Crippen LogP contribution in [-0.4, -0.2) is 11.1 Å². The number of aliphatic imine (C=N–C) groups is 1. The number of rotatable bonds is 2. The number of carbonyl (C=O) groups excluding carboxylic acids is 1. The second kappa shape index (κ2) is 5.60. The van der Waals surface area contributed by atoms with E-state index in [0.29, 0.717) is 0 Å². The van der Waals surface area contributed by atoms with Crippen LogP contribution in [0.15, 0.2) is 39.8 Å². The predicted octanol–water partition coefficient (Wildman–Crippen LogP) is 3.09. The van der Waals surface area contributed by atoms with Crippen molar-refractivity contribution in [3.8, 4) is 0 Å². The highest BCUT2D eigenvalue weighted by Crippen LogP contribution is 2.11. The van der Waals surface area contributed by atoms with Crippen LogP contribution >= 0.6 is 28.1 Å². The fourth-order valence-corrected chi connectivity index (χ4v) is 1.18. The Morgan fingerprint density at radius 2 is 2.07 bits per heavy atom. The summed E-state index contributed by atoms with van der Waals surface area (Å²) in [5.41, 5.74) is 0.932. The van der Waals surface area contributed by atoms with Crippen molar-refractivity contribution in [1.29, 1.82) is 0 Å². The summed E-state index contributed by atoms with van der Waals surface area (Å²) in [4.78, 5) is 14.2. The molecule has 14 heavy (non-hydrogen) atoms. The average molecular weight is 268 g/mol. The highest BCUT2D eigenvalue weighted by atomic mass is 79.9. The Labute approximate surface area is 95.5 Å². The molecular weight excluding hydrogens is 262 g/mol. The van der Waals surface area contributed by atoms with Crippen molar-refractivity contribution in [2.75, 3.05) is 0 Å². The number of hydrogen-bond donors (Lipinski definition) is 0. The molecule has 2 nitrogen and oxygen atoms in total. The molecule has 0 unspecified atom stereocenters. The van der Waals surface area contributed by atoms with Crippen LogP contribution in [0.5, 0.6) is 0 Å². The zero-order valence-corrected chi connectivity index (χ0v) is 9.51. The first kappa shape index (κ1) is 11.0. The van der Waals surface area contributed by atoms with Gasteiger partial charge in [-0.15, -0.1) is 0 Å². The molecule has 0 spiro atoms. The topological polar surface area (TPSA) is 29.4 Å². The Balaban J connectivity index is 2.73. The van der Waals surface area contributed by atoms with Gasteiger partial charge in [0.25, 0.3) is 5.91 Å². The van der Waals surface area contributed by atoms with Gasteiger partial charge in [0.05, 0.1) is 5.16 Å². The van der Waals surface area contributed by atoms with Crippen LogP contribution < -0.4 is 0 Å². The molecule has 0 fully saturated rings. The Hall–Kier alpha value is -1.09. The summed E-state index contributed by atoms with van der Waals surface area (Å²) in [6, 6.07) is 7.56. The van der Waals surface area contributed by atoms with E-state index in [0.717, 1.165) is 10.0 Å². The monoisotopic (exact) mass is 267 g/mol. The third-order valence-electron chi connectivity index (χ3n) is 1.44. The van der Waals surface area contributed by atoms with E-state index in [1.165, 1.54) is 6.08 Å². The first-order valence-corrected chi connectivity index (χ1v) is 4.98. The molecule has 0 aliphatic carbocycles. The lowest BCUT2D eigenvalue weighted by Crippen LogP contribution is -1.83. The summed E-state index contributed by atoms with van der Waals surface area (Å²) in [5.74, 6) is -0.400. The predicted molar refractivity (Wildman–Crippen MR) is 63.2 cm³/mol. The molecule has 0 radical (unpaired) electrons. The number of amides is 1. The summed E-state index contributed by atoms with van der Waals surface area (Å²) < 4.78 is 0.998. The Morgan fingerprint density at radius 3 is 2.64 bits per heavy atom. The van der Waals surface area contributed by atoms with Crippen LogP contribution in [0.2, 0.25) is 0 Å². The SMILES string of the molecule is O=C(/C=C/c1ccc(Br)cc1)N=C=S. The van der Waals surface area contributed by atoms with Gasteiger partial charge in [-0.2, -0.15) is 4.99 Å². The van der Waals surface area contributed by atoms with Gasteiger partial charge in [0.15, 0.2) is 0 Å². The average Bonchev–Trinajstić information content (AvgIpc) is 2.17. The van der Waals surface area contributed by atoms with E-state index < -0.39 is 5.91 Å². The Morgan fingerprint density at radius 1 is 1.43 bits per heavy atom. The van der Waals surface area contributed by atoms with E-state index in [1.54, 1.807) is 6.08 Å². The molecule has 0 aliphatic heterocycles. The van der Waals surface area contributed by atoms with Crippen LogP contribution in [0.1, 0.15) is 5.56 Å². The number of halogens is 1. The Kier molecular flexibility index (Phi) is 4.40. The quantitative estimate of drug-likeness (QED) is 0.468. The van der Waals surface area contributed by atoms with E-state index in [-0.39, 0.29) is 0 Å². The van der Waals surface area contributed by atoms with Gasteiger partial charge < -0.3 is 0 Å². The molecule has 4 heteroatoms. The fraction of sp³-hybridized carbons (Fsp3) is 0. The van der Waals surface area contributed by atoms with Crippen molar-refractivity contribution in [1.82, 2.24) is 0 Å². The summed E-state index contributed by atoms with van der Waals surface area (Å²) in [5, 5.41) is 2.01. The first-order valence-electron chi connectivity index (χ1n) is 3.78. The molecular formula is C10H6BrNOS. The molecule has 0 bridgehead atoms. The molecule has 1 aromatic rings. The maximum Gasteiger partial charge on any atom is 0.278 e. The molecule has 70 valence electrons. The van der Waals surface area contributed by atoms with Crippen molar-refractivity contribution < 1.29 is 4.79 Å². The molecule has 0 heterocycles. The lowest BCUT2D eigenvalue weighted by Gasteiger charge is -1.91. The van der Waals surface area contributed by atoms with Crippen molar-refractivity contribution in [3.05, 3.63) is 40.4 Å². The van der Waals surface area contributed by atoms with Gasteiger partial charge >= 0.3 is 0 Å². The molecule has 0 saturated carbocycles. The standard InChI is InChI=1S/C10H6BrNOS/c11-9-4-1-8(2-5-9)3-6-10(13)12-7-14/h1-6H/b6-3+. The van der Waals surface area contributed by atoms with Crippen LogP contribution in [0.25, 0.3) is 6.08 Å². The van der Waals surface area contributed by atoms with Gasteiger partial charge in [0.1, 0.15) is 0 Å². The number of nitrogens with zero attached hydrogens (tertiary/aromatic N) is 1.